The molecule has 0 aromatic heterocycles. The van der Waals surface area contributed by atoms with E-state index in [-0.39, 0.29) is 5.78 Å². The summed E-state index contributed by atoms with van der Waals surface area (Å²) in [6, 6.07) is 17.5. The van der Waals surface area contributed by atoms with E-state index in [1.807, 2.05) is 68.4 Å². The first-order valence-electron chi connectivity index (χ1n) is 6.97. The Morgan fingerprint density at radius 2 is 1.52 bits per heavy atom. The van der Waals surface area contributed by atoms with Gasteiger partial charge in [0.2, 0.25) is 0 Å². The number of carbonyl (C=O) groups is 1. The summed E-state index contributed by atoms with van der Waals surface area (Å²) < 4.78 is 0. The Balaban J connectivity index is 2.17. The largest absolute Gasteiger partial charge is 0.398 e. The fourth-order valence-corrected chi connectivity index (χ4v) is 2.60. The van der Waals surface area contributed by atoms with Crippen LogP contribution in [0.5, 0.6) is 0 Å². The van der Waals surface area contributed by atoms with Gasteiger partial charge in [0.15, 0.2) is 5.78 Å². The molecule has 0 heterocycles. The maximum absolute atomic E-state index is 12.8. The summed E-state index contributed by atoms with van der Waals surface area (Å²) in [6.07, 6.45) is 0. The Bertz CT molecular complexity index is 849. The lowest BCUT2D eigenvalue weighted by atomic mass is 9.94. The molecular weight excluding hydrogens is 258 g/mol. The molecule has 0 fully saturated rings. The van der Waals surface area contributed by atoms with Gasteiger partial charge in [-0.05, 0) is 47.9 Å². The predicted octanol–water partition coefficient (Wildman–Crippen LogP) is 4.27. The first-order valence-corrected chi connectivity index (χ1v) is 6.97. The lowest BCUT2D eigenvalue weighted by Crippen LogP contribution is -2.08. The number of aryl methyl sites for hydroxylation is 1. The topological polar surface area (TPSA) is 43.1 Å². The van der Waals surface area contributed by atoms with E-state index in [0.29, 0.717) is 11.3 Å². The molecule has 0 aliphatic carbocycles. The Morgan fingerprint density at radius 3 is 2.24 bits per heavy atom. The molecule has 0 saturated heterocycles. The summed E-state index contributed by atoms with van der Waals surface area (Å²) >= 11 is 0. The van der Waals surface area contributed by atoms with Crippen LogP contribution >= 0.6 is 0 Å². The Kier molecular flexibility index (Phi) is 3.22. The predicted molar refractivity (Wildman–Crippen MR) is 87.7 cm³/mol. The van der Waals surface area contributed by atoms with Crippen molar-refractivity contribution >= 4 is 22.2 Å². The molecule has 2 heteroatoms. The van der Waals surface area contributed by atoms with Crippen LogP contribution in [-0.4, -0.2) is 5.78 Å². The van der Waals surface area contributed by atoms with Crippen molar-refractivity contribution in [1.82, 2.24) is 0 Å². The lowest BCUT2D eigenvalue weighted by Gasteiger charge is -2.11. The zero-order valence-electron chi connectivity index (χ0n) is 12.2. The molecule has 0 spiro atoms. The number of rotatable bonds is 2. The fourth-order valence-electron chi connectivity index (χ4n) is 2.60. The molecule has 3 aromatic rings. The van der Waals surface area contributed by atoms with Gasteiger partial charge in [0.05, 0.1) is 0 Å². The quantitative estimate of drug-likeness (QED) is 0.560. The number of nitrogens with two attached hydrogens (primary N) is 1. The lowest BCUT2D eigenvalue weighted by molar-refractivity contribution is 0.103. The van der Waals surface area contributed by atoms with Crippen LogP contribution in [0, 0.1) is 13.8 Å². The molecule has 2 nitrogen and oxygen atoms in total. The molecule has 104 valence electrons. The molecule has 0 atom stereocenters. The first-order chi connectivity index (χ1) is 10.1. The average Bonchev–Trinajstić information content (AvgIpc) is 2.48. The van der Waals surface area contributed by atoms with Crippen molar-refractivity contribution in [2.75, 3.05) is 5.73 Å². The number of nitrogen functional groups attached to an aromatic ring is 1. The molecule has 0 aliphatic heterocycles. The highest BCUT2D eigenvalue weighted by Crippen LogP contribution is 2.25. The zero-order chi connectivity index (χ0) is 15.0. The van der Waals surface area contributed by atoms with Crippen LogP contribution in [0.4, 0.5) is 5.69 Å². The average molecular weight is 275 g/mol. The van der Waals surface area contributed by atoms with Crippen LogP contribution in [-0.2, 0) is 0 Å². The SMILES string of the molecule is Cc1cccc(C(=O)c2cc3ccccc3cc2N)c1C. The Morgan fingerprint density at radius 1 is 0.857 bits per heavy atom. The molecule has 2 N–H and O–H groups in total. The number of anilines is 1. The van der Waals surface area contributed by atoms with Gasteiger partial charge < -0.3 is 5.73 Å². The number of fused-ring (bicyclic) bond motifs is 1. The van der Waals surface area contributed by atoms with E-state index in [4.69, 9.17) is 5.73 Å². The van der Waals surface area contributed by atoms with E-state index < -0.39 is 0 Å². The van der Waals surface area contributed by atoms with Crippen LogP contribution < -0.4 is 5.73 Å². The normalized spacial score (nSPS) is 10.8. The third-order valence-electron chi connectivity index (χ3n) is 4.01. The van der Waals surface area contributed by atoms with Gasteiger partial charge in [-0.25, -0.2) is 0 Å². The van der Waals surface area contributed by atoms with Gasteiger partial charge in [-0.2, -0.15) is 0 Å². The molecule has 0 amide bonds. The van der Waals surface area contributed by atoms with Crippen LogP contribution in [0.15, 0.2) is 54.6 Å². The zero-order valence-corrected chi connectivity index (χ0v) is 12.2. The van der Waals surface area contributed by atoms with Crippen molar-refractivity contribution in [3.8, 4) is 0 Å². The van der Waals surface area contributed by atoms with Gasteiger partial charge in [0.25, 0.3) is 0 Å². The van der Waals surface area contributed by atoms with E-state index in [1.54, 1.807) is 0 Å². The highest BCUT2D eigenvalue weighted by molar-refractivity contribution is 6.15. The van der Waals surface area contributed by atoms with Crippen molar-refractivity contribution in [3.63, 3.8) is 0 Å². The molecule has 0 bridgehead atoms. The van der Waals surface area contributed by atoms with Crippen molar-refractivity contribution in [1.29, 1.82) is 0 Å². The smallest absolute Gasteiger partial charge is 0.195 e. The van der Waals surface area contributed by atoms with Crippen LogP contribution in [0.1, 0.15) is 27.0 Å². The van der Waals surface area contributed by atoms with Gasteiger partial charge in [-0.15, -0.1) is 0 Å². The third-order valence-corrected chi connectivity index (χ3v) is 4.01. The molecule has 3 aromatic carbocycles. The summed E-state index contributed by atoms with van der Waals surface area (Å²) in [6.45, 7) is 3.98. The van der Waals surface area contributed by atoms with Gasteiger partial charge in [0.1, 0.15) is 0 Å². The van der Waals surface area contributed by atoms with E-state index in [2.05, 4.69) is 0 Å². The number of hydrogen-bond donors (Lipinski definition) is 1. The van der Waals surface area contributed by atoms with Gasteiger partial charge in [-0.3, -0.25) is 4.79 Å². The van der Waals surface area contributed by atoms with Crippen LogP contribution in [0.3, 0.4) is 0 Å². The Hall–Kier alpha value is -2.61. The highest BCUT2D eigenvalue weighted by Gasteiger charge is 2.16. The third kappa shape index (κ3) is 2.29. The van der Waals surface area contributed by atoms with E-state index in [0.717, 1.165) is 27.5 Å². The second-order valence-electron chi connectivity index (χ2n) is 5.36. The van der Waals surface area contributed by atoms with Crippen molar-refractivity contribution in [2.45, 2.75) is 13.8 Å². The molecular formula is C19H17NO. The summed E-state index contributed by atoms with van der Waals surface area (Å²) in [5, 5.41) is 2.08. The summed E-state index contributed by atoms with van der Waals surface area (Å²) in [5.74, 6) is -0.0144. The first kappa shape index (κ1) is 13.4. The van der Waals surface area contributed by atoms with Crippen LogP contribution in [0.2, 0.25) is 0 Å². The van der Waals surface area contributed by atoms with Gasteiger partial charge >= 0.3 is 0 Å². The summed E-state index contributed by atoms with van der Waals surface area (Å²) in [7, 11) is 0. The molecule has 0 aliphatic rings. The maximum atomic E-state index is 12.8. The van der Waals surface area contributed by atoms with Crippen molar-refractivity contribution in [2.24, 2.45) is 0 Å². The standard InChI is InChI=1S/C19H17NO/c1-12-6-5-9-16(13(12)2)19(21)17-10-14-7-3-4-8-15(14)11-18(17)20/h3-11H,20H2,1-2H3. The van der Waals surface area contributed by atoms with Gasteiger partial charge in [-0.1, -0.05) is 42.5 Å². The fraction of sp³-hybridized carbons (Fsp3) is 0.105. The minimum absolute atomic E-state index is 0.0144. The second kappa shape index (κ2) is 5.06. The van der Waals surface area contributed by atoms with Crippen molar-refractivity contribution in [3.05, 3.63) is 76.9 Å². The minimum Gasteiger partial charge on any atom is -0.398 e. The molecule has 0 saturated carbocycles. The van der Waals surface area contributed by atoms with Crippen LogP contribution in [0.25, 0.3) is 10.8 Å². The number of benzene rings is 3. The van der Waals surface area contributed by atoms with Crippen molar-refractivity contribution < 1.29 is 4.79 Å². The monoisotopic (exact) mass is 275 g/mol. The number of hydrogen-bond acceptors (Lipinski definition) is 2. The highest BCUT2D eigenvalue weighted by atomic mass is 16.1. The second-order valence-corrected chi connectivity index (χ2v) is 5.36. The summed E-state index contributed by atoms with van der Waals surface area (Å²) in [5.41, 5.74) is 10.0. The summed E-state index contributed by atoms with van der Waals surface area (Å²) in [4.78, 5) is 12.8. The molecule has 0 unspecified atom stereocenters. The van der Waals surface area contributed by atoms with Gasteiger partial charge in [0, 0.05) is 16.8 Å². The Labute approximate surface area is 124 Å². The minimum atomic E-state index is -0.0144. The number of carbonyl (C=O) groups excluding carboxylic acids is 1. The van der Waals surface area contributed by atoms with E-state index in [9.17, 15) is 4.79 Å². The number of ketones is 1. The molecule has 0 radical (unpaired) electrons. The van der Waals surface area contributed by atoms with E-state index in [1.165, 1.54) is 0 Å². The van der Waals surface area contributed by atoms with E-state index >= 15 is 0 Å². The maximum Gasteiger partial charge on any atom is 0.195 e. The molecule has 3 rings (SSSR count). The molecule has 21 heavy (non-hydrogen) atoms.